The number of halogens is 2. The molecule has 1 amide bonds. The van der Waals surface area contributed by atoms with Gasteiger partial charge in [0.1, 0.15) is 4.90 Å². The van der Waals surface area contributed by atoms with Crippen molar-refractivity contribution in [3.8, 4) is 0 Å². The predicted octanol–water partition coefficient (Wildman–Crippen LogP) is 5.45. The molecule has 29 heavy (non-hydrogen) atoms. The molecule has 0 bridgehead atoms. The summed E-state index contributed by atoms with van der Waals surface area (Å²) < 4.78 is 27.8. The van der Waals surface area contributed by atoms with E-state index in [0.29, 0.717) is 16.4 Å². The Kier molecular flexibility index (Phi) is 6.59. The molecule has 0 spiro atoms. The summed E-state index contributed by atoms with van der Waals surface area (Å²) in [5.74, 6) is -0.398. The first-order valence-electron chi connectivity index (χ1n) is 8.45. The molecule has 0 saturated heterocycles. The molecule has 0 aliphatic heterocycles. The summed E-state index contributed by atoms with van der Waals surface area (Å²) in [6.07, 6.45) is 3.02. The van der Waals surface area contributed by atoms with Crippen LogP contribution in [0.5, 0.6) is 0 Å². The van der Waals surface area contributed by atoms with Gasteiger partial charge in [0.25, 0.3) is 10.0 Å². The van der Waals surface area contributed by atoms with Gasteiger partial charge in [-0.15, -0.1) is 0 Å². The molecule has 0 aromatic heterocycles. The molecule has 148 valence electrons. The van der Waals surface area contributed by atoms with Gasteiger partial charge in [0, 0.05) is 22.5 Å². The standard InChI is InChI=1S/C21H16Cl2N2O3S/c22-16-7-9-17(10-8-16)25-29(27,28)20-14-18(11-12-19(20)23)24-21(26)13-6-15-4-2-1-3-5-15/h1-14,25H,(H,24,26). The number of rotatable bonds is 6. The molecular weight excluding hydrogens is 431 g/mol. The Bertz CT molecular complexity index is 1150. The maximum atomic E-state index is 12.7. The topological polar surface area (TPSA) is 75.3 Å². The Balaban J connectivity index is 1.77. The van der Waals surface area contributed by atoms with Gasteiger partial charge in [-0.25, -0.2) is 8.42 Å². The zero-order chi connectivity index (χ0) is 20.9. The maximum Gasteiger partial charge on any atom is 0.263 e. The lowest BCUT2D eigenvalue weighted by atomic mass is 10.2. The molecule has 2 N–H and O–H groups in total. The highest BCUT2D eigenvalue weighted by atomic mass is 35.5. The summed E-state index contributed by atoms with van der Waals surface area (Å²) >= 11 is 11.9. The highest BCUT2D eigenvalue weighted by Crippen LogP contribution is 2.27. The normalized spacial score (nSPS) is 11.4. The summed E-state index contributed by atoms with van der Waals surface area (Å²) in [5.41, 5.74) is 1.51. The van der Waals surface area contributed by atoms with E-state index >= 15 is 0 Å². The molecule has 0 saturated carbocycles. The second kappa shape index (κ2) is 9.13. The van der Waals surface area contributed by atoms with E-state index in [9.17, 15) is 13.2 Å². The number of amides is 1. The largest absolute Gasteiger partial charge is 0.322 e. The van der Waals surface area contributed by atoms with Crippen LogP contribution in [0.2, 0.25) is 10.0 Å². The predicted molar refractivity (Wildman–Crippen MR) is 118 cm³/mol. The van der Waals surface area contributed by atoms with Crippen molar-refractivity contribution in [3.63, 3.8) is 0 Å². The van der Waals surface area contributed by atoms with E-state index in [1.807, 2.05) is 30.3 Å². The third kappa shape index (κ3) is 5.84. The van der Waals surface area contributed by atoms with Gasteiger partial charge in [-0.2, -0.15) is 0 Å². The van der Waals surface area contributed by atoms with Crippen LogP contribution in [0.15, 0.2) is 83.8 Å². The highest BCUT2D eigenvalue weighted by Gasteiger charge is 2.19. The number of hydrogen-bond acceptors (Lipinski definition) is 3. The molecule has 3 aromatic carbocycles. The smallest absolute Gasteiger partial charge is 0.263 e. The molecule has 8 heteroatoms. The van der Waals surface area contributed by atoms with E-state index in [2.05, 4.69) is 10.0 Å². The molecule has 3 rings (SSSR count). The SMILES string of the molecule is O=C(C=Cc1ccccc1)Nc1ccc(Cl)c(S(=O)(=O)Nc2ccc(Cl)cc2)c1. The lowest BCUT2D eigenvalue weighted by molar-refractivity contribution is -0.111. The third-order valence-corrected chi connectivity index (χ3v) is 5.93. The molecule has 0 aliphatic rings. The third-order valence-electron chi connectivity index (χ3n) is 3.81. The first kappa shape index (κ1) is 20.9. The van der Waals surface area contributed by atoms with Crippen LogP contribution in [0, 0.1) is 0 Å². The quantitative estimate of drug-likeness (QED) is 0.494. The second-order valence-electron chi connectivity index (χ2n) is 5.99. The van der Waals surface area contributed by atoms with Gasteiger partial charge in [0.15, 0.2) is 0 Å². The van der Waals surface area contributed by atoms with Gasteiger partial charge in [-0.1, -0.05) is 53.5 Å². The zero-order valence-corrected chi connectivity index (χ0v) is 17.3. The van der Waals surface area contributed by atoms with Crippen LogP contribution in [-0.4, -0.2) is 14.3 Å². The van der Waals surface area contributed by atoms with Crippen LogP contribution in [-0.2, 0) is 14.8 Å². The molecule has 0 aliphatic carbocycles. The van der Waals surface area contributed by atoms with E-state index in [1.165, 1.54) is 36.4 Å². The minimum Gasteiger partial charge on any atom is -0.322 e. The van der Waals surface area contributed by atoms with E-state index in [4.69, 9.17) is 23.2 Å². The summed E-state index contributed by atoms with van der Waals surface area (Å²) in [6, 6.07) is 19.8. The van der Waals surface area contributed by atoms with Crippen LogP contribution in [0.3, 0.4) is 0 Å². The lowest BCUT2D eigenvalue weighted by Crippen LogP contribution is -2.14. The number of sulfonamides is 1. The van der Waals surface area contributed by atoms with Crippen molar-refractivity contribution in [2.45, 2.75) is 4.90 Å². The fraction of sp³-hybridized carbons (Fsp3) is 0. The number of anilines is 2. The van der Waals surface area contributed by atoms with E-state index in [1.54, 1.807) is 18.2 Å². The summed E-state index contributed by atoms with van der Waals surface area (Å²) in [7, 11) is -3.96. The average molecular weight is 447 g/mol. The Labute approximate surface area is 179 Å². The molecule has 3 aromatic rings. The molecule has 0 unspecified atom stereocenters. The number of carbonyl (C=O) groups excluding carboxylic acids is 1. The summed E-state index contributed by atoms with van der Waals surface area (Å²) in [6.45, 7) is 0. The van der Waals surface area contributed by atoms with E-state index in [0.717, 1.165) is 5.56 Å². The van der Waals surface area contributed by atoms with Crippen molar-refractivity contribution < 1.29 is 13.2 Å². The Morgan fingerprint density at radius 1 is 0.862 bits per heavy atom. The van der Waals surface area contributed by atoms with Crippen molar-refractivity contribution in [1.82, 2.24) is 0 Å². The number of carbonyl (C=O) groups is 1. The molecule has 5 nitrogen and oxygen atoms in total. The minimum atomic E-state index is -3.96. The van der Waals surface area contributed by atoms with Crippen molar-refractivity contribution in [2.75, 3.05) is 10.0 Å². The Hall–Kier alpha value is -2.80. The Morgan fingerprint density at radius 3 is 2.21 bits per heavy atom. The van der Waals surface area contributed by atoms with Gasteiger partial charge in [-0.3, -0.25) is 9.52 Å². The maximum absolute atomic E-state index is 12.7. The highest BCUT2D eigenvalue weighted by molar-refractivity contribution is 7.92. The van der Waals surface area contributed by atoms with Crippen LogP contribution >= 0.6 is 23.2 Å². The van der Waals surface area contributed by atoms with Crippen LogP contribution in [0.4, 0.5) is 11.4 Å². The molecular formula is C21H16Cl2N2O3S. The first-order chi connectivity index (χ1) is 13.8. The monoisotopic (exact) mass is 446 g/mol. The van der Waals surface area contributed by atoms with Gasteiger partial charge < -0.3 is 5.32 Å². The van der Waals surface area contributed by atoms with Crippen molar-refractivity contribution in [1.29, 1.82) is 0 Å². The summed E-state index contributed by atoms with van der Waals surface area (Å²) in [4.78, 5) is 12.0. The van der Waals surface area contributed by atoms with E-state index in [-0.39, 0.29) is 9.92 Å². The molecule has 0 fully saturated rings. The zero-order valence-electron chi connectivity index (χ0n) is 15.0. The van der Waals surface area contributed by atoms with Crippen LogP contribution in [0.25, 0.3) is 6.08 Å². The fourth-order valence-corrected chi connectivity index (χ4v) is 4.15. The fourth-order valence-electron chi connectivity index (χ4n) is 2.44. The van der Waals surface area contributed by atoms with Crippen molar-refractivity contribution in [2.24, 2.45) is 0 Å². The molecule has 0 atom stereocenters. The number of nitrogens with one attached hydrogen (secondary N) is 2. The summed E-state index contributed by atoms with van der Waals surface area (Å²) in [5, 5.41) is 3.15. The van der Waals surface area contributed by atoms with Crippen molar-refractivity contribution in [3.05, 3.63) is 94.5 Å². The van der Waals surface area contributed by atoms with Crippen molar-refractivity contribution >= 4 is 56.6 Å². The van der Waals surface area contributed by atoms with E-state index < -0.39 is 15.9 Å². The van der Waals surface area contributed by atoms with Crippen LogP contribution in [0.1, 0.15) is 5.56 Å². The lowest BCUT2D eigenvalue weighted by Gasteiger charge is -2.11. The molecule has 0 heterocycles. The van der Waals surface area contributed by atoms with Gasteiger partial charge in [0.05, 0.1) is 5.02 Å². The molecule has 0 radical (unpaired) electrons. The first-order valence-corrected chi connectivity index (χ1v) is 10.7. The number of hydrogen-bond donors (Lipinski definition) is 2. The number of benzene rings is 3. The van der Waals surface area contributed by atoms with Crippen LogP contribution < -0.4 is 10.0 Å². The Morgan fingerprint density at radius 2 is 1.52 bits per heavy atom. The second-order valence-corrected chi connectivity index (χ2v) is 8.49. The van der Waals surface area contributed by atoms with Gasteiger partial charge in [-0.05, 0) is 54.1 Å². The minimum absolute atomic E-state index is 0.0318. The van der Waals surface area contributed by atoms with Gasteiger partial charge in [0.2, 0.25) is 5.91 Å². The van der Waals surface area contributed by atoms with Gasteiger partial charge >= 0.3 is 0 Å². The average Bonchev–Trinajstić information content (AvgIpc) is 2.70.